The van der Waals surface area contributed by atoms with Gasteiger partial charge >= 0.3 is 5.97 Å². The van der Waals surface area contributed by atoms with E-state index in [2.05, 4.69) is 0 Å². The molecule has 3 heterocycles. The van der Waals surface area contributed by atoms with Crippen molar-refractivity contribution < 1.29 is 67.0 Å². The number of esters is 1. The number of amides is 1. The van der Waals surface area contributed by atoms with E-state index in [4.69, 9.17) is 28.2 Å². The van der Waals surface area contributed by atoms with Crippen molar-refractivity contribution in [2.45, 2.75) is 180 Å². The molecule has 2 N–H and O–H groups in total. The van der Waals surface area contributed by atoms with Gasteiger partial charge in [-0.05, 0) is 107 Å². The second-order valence-electron chi connectivity index (χ2n) is 20.9. The van der Waals surface area contributed by atoms with Gasteiger partial charge in [0.1, 0.15) is 30.1 Å². The zero-order chi connectivity index (χ0) is 51.4. The van der Waals surface area contributed by atoms with Crippen molar-refractivity contribution >= 4 is 36.6 Å². The molecule has 1 saturated carbocycles. The first-order chi connectivity index (χ1) is 32.4. The maximum atomic E-state index is 14.5. The number of cyclic esters (lactones) is 1. The molecule has 390 valence electrons. The molecule has 69 heavy (non-hydrogen) atoms. The standard InChI is InChI=1S/C53H84NO14P/c1-32-18-14-13-15-19-33(2)44(63-8)30-40-23-21-38(7)53(61,67-40)50(58)51(59)54-25-17-16-20-41(54)52(60)66-45(35(4)28-39-22-24-43(46(29-39)64-9)68-69(11,12)62)31-42(55)34(3)27-37(6)48(57)49(65-10)47(56)36(5)26-32/h13-15,18-19,27,32,34-36,38-41,43-46,48-49,57,61H,16-17,20-26,28-31H2,1-12H3/b15-13?,18-14-,33-19?,37-27+/t32-,34+,35-,36-,38+,39+,40?,41+,43-,44+,45+,46-,48-,49+,53-/m1/s1. The van der Waals surface area contributed by atoms with Crippen LogP contribution in [0.25, 0.3) is 0 Å². The van der Waals surface area contributed by atoms with Crippen molar-refractivity contribution in [2.24, 2.45) is 35.5 Å². The molecule has 3 fully saturated rings. The monoisotopic (exact) mass is 990 g/mol. The Morgan fingerprint density at radius 2 is 1.57 bits per heavy atom. The van der Waals surface area contributed by atoms with Crippen molar-refractivity contribution in [3.8, 4) is 0 Å². The van der Waals surface area contributed by atoms with Gasteiger partial charge in [0.2, 0.25) is 5.79 Å². The smallest absolute Gasteiger partial charge is 0.329 e. The molecule has 3 aliphatic heterocycles. The van der Waals surface area contributed by atoms with E-state index in [1.807, 2.05) is 58.1 Å². The summed E-state index contributed by atoms with van der Waals surface area (Å²) in [6, 6.07) is -1.16. The van der Waals surface area contributed by atoms with Gasteiger partial charge in [0, 0.05) is 71.8 Å². The molecular weight excluding hydrogens is 906 g/mol. The van der Waals surface area contributed by atoms with Crippen LogP contribution < -0.4 is 0 Å². The number of hydrogen-bond acceptors (Lipinski definition) is 14. The summed E-state index contributed by atoms with van der Waals surface area (Å²) < 4.78 is 48.2. The van der Waals surface area contributed by atoms with Gasteiger partial charge in [0.05, 0.1) is 24.4 Å². The summed E-state index contributed by atoms with van der Waals surface area (Å²) in [5.41, 5.74) is 1.25. The van der Waals surface area contributed by atoms with Gasteiger partial charge in [-0.15, -0.1) is 0 Å². The molecule has 1 amide bonds. The number of piperidine rings is 1. The van der Waals surface area contributed by atoms with Crippen LogP contribution in [-0.4, -0.2) is 140 Å². The molecule has 0 spiro atoms. The molecule has 1 unspecified atom stereocenters. The molecule has 2 bridgehead atoms. The van der Waals surface area contributed by atoms with Crippen LogP contribution in [0.3, 0.4) is 0 Å². The van der Waals surface area contributed by atoms with Crippen LogP contribution in [-0.2, 0) is 56.7 Å². The predicted molar refractivity (Wildman–Crippen MR) is 263 cm³/mol. The van der Waals surface area contributed by atoms with Crippen molar-refractivity contribution in [1.82, 2.24) is 4.90 Å². The number of fused-ring (bicyclic) bond motifs is 3. The van der Waals surface area contributed by atoms with E-state index < -0.39 is 85.1 Å². The Bertz CT molecular complexity index is 1940. The Balaban J connectivity index is 1.70. The number of aliphatic hydroxyl groups is 2. The topological polar surface area (TPSA) is 201 Å². The minimum Gasteiger partial charge on any atom is -0.460 e. The summed E-state index contributed by atoms with van der Waals surface area (Å²) in [4.78, 5) is 72.2. The minimum atomic E-state index is -2.79. The first-order valence-corrected chi connectivity index (χ1v) is 27.7. The second kappa shape index (κ2) is 26.5. The summed E-state index contributed by atoms with van der Waals surface area (Å²) in [5, 5.41) is 23.5. The van der Waals surface area contributed by atoms with Gasteiger partial charge in [-0.25, -0.2) is 4.79 Å². The molecule has 2 saturated heterocycles. The highest BCUT2D eigenvalue weighted by atomic mass is 31.2. The molecule has 0 aromatic carbocycles. The Hall–Kier alpha value is -3.14. The van der Waals surface area contributed by atoms with Crippen molar-refractivity contribution in [3.05, 3.63) is 47.6 Å². The molecule has 0 aromatic rings. The number of ether oxygens (including phenoxy) is 5. The SMILES string of the molecule is CO[C@H]1CC2CC[C@H](C)[C@@](O)(O2)C(=O)C(=O)N2CCCC[C@H]2C(=O)O[C@H]([C@H](C)C[C@@H]2CC[C@@H](OP(C)(C)=O)[C@H](OC)C2)CC(=O)[C@@H](C)/C=C(\C)[C@@H](O)[C@@H](OC)C(=O)[C@H](C)C[C@H](C)/C=C\C=CC=C1C. The van der Waals surface area contributed by atoms with Crippen LogP contribution in [0.15, 0.2) is 47.6 Å². The van der Waals surface area contributed by atoms with E-state index in [0.717, 1.165) is 12.0 Å². The Labute approximate surface area is 411 Å². The molecule has 4 aliphatic rings. The third kappa shape index (κ3) is 16.2. The predicted octanol–water partition coefficient (Wildman–Crippen LogP) is 7.74. The number of allylic oxidation sites excluding steroid dienone is 6. The number of ketones is 3. The molecule has 0 radical (unpaired) electrons. The van der Waals surface area contributed by atoms with Gasteiger partial charge in [-0.2, -0.15) is 0 Å². The summed E-state index contributed by atoms with van der Waals surface area (Å²) >= 11 is 0. The molecule has 4 rings (SSSR count). The number of Topliss-reactive ketones (excluding diaryl/α,β-unsaturated/α-hetero) is 3. The first-order valence-electron chi connectivity index (χ1n) is 25.2. The molecular formula is C53H84NO14P. The first kappa shape index (κ1) is 58.4. The number of hydrogen-bond donors (Lipinski definition) is 2. The van der Waals surface area contributed by atoms with Crippen LogP contribution in [0.2, 0.25) is 0 Å². The van der Waals surface area contributed by atoms with Gasteiger partial charge in [-0.3, -0.25) is 23.7 Å². The zero-order valence-corrected chi connectivity index (χ0v) is 44.3. The highest BCUT2D eigenvalue weighted by Crippen LogP contribution is 2.45. The zero-order valence-electron chi connectivity index (χ0n) is 43.4. The summed E-state index contributed by atoms with van der Waals surface area (Å²) in [7, 11) is 1.76. The lowest BCUT2D eigenvalue weighted by atomic mass is 9.78. The molecule has 16 heteroatoms. The molecule has 1 aliphatic carbocycles. The lowest BCUT2D eigenvalue weighted by Crippen LogP contribution is -2.61. The second-order valence-corrected chi connectivity index (χ2v) is 23.6. The highest BCUT2D eigenvalue weighted by Gasteiger charge is 2.53. The number of rotatable bonds is 8. The summed E-state index contributed by atoms with van der Waals surface area (Å²) in [5.74, 6) is -8.11. The number of carbonyl (C=O) groups is 5. The Morgan fingerprint density at radius 1 is 0.855 bits per heavy atom. The third-order valence-electron chi connectivity index (χ3n) is 14.8. The lowest BCUT2D eigenvalue weighted by molar-refractivity contribution is -0.265. The van der Waals surface area contributed by atoms with Gasteiger partial charge in [0.25, 0.3) is 11.7 Å². The summed E-state index contributed by atoms with van der Waals surface area (Å²) in [6.07, 6.45) is 11.4. The van der Waals surface area contributed by atoms with Gasteiger partial charge in [-0.1, -0.05) is 71.1 Å². The number of methoxy groups -OCH3 is 3. The van der Waals surface area contributed by atoms with Crippen LogP contribution in [0.4, 0.5) is 0 Å². The fourth-order valence-electron chi connectivity index (χ4n) is 10.5. The van der Waals surface area contributed by atoms with Crippen LogP contribution in [0, 0.1) is 35.5 Å². The van der Waals surface area contributed by atoms with Crippen LogP contribution >= 0.6 is 7.37 Å². The van der Waals surface area contributed by atoms with E-state index in [0.29, 0.717) is 63.4 Å². The van der Waals surface area contributed by atoms with Gasteiger partial charge in [0.15, 0.2) is 13.2 Å². The summed E-state index contributed by atoms with van der Waals surface area (Å²) in [6.45, 7) is 15.9. The van der Waals surface area contributed by atoms with E-state index in [9.17, 15) is 38.8 Å². The van der Waals surface area contributed by atoms with Crippen molar-refractivity contribution in [1.29, 1.82) is 0 Å². The quantitative estimate of drug-likeness (QED) is 0.104. The fourth-order valence-corrected chi connectivity index (χ4v) is 11.4. The van der Waals surface area contributed by atoms with Crippen molar-refractivity contribution in [2.75, 3.05) is 41.2 Å². The number of nitrogens with zero attached hydrogens (tertiary/aromatic N) is 1. The molecule has 0 aromatic heterocycles. The average Bonchev–Trinajstić information content (AvgIpc) is 3.30. The average molecular weight is 990 g/mol. The van der Waals surface area contributed by atoms with Crippen LogP contribution in [0.5, 0.6) is 0 Å². The van der Waals surface area contributed by atoms with E-state index >= 15 is 0 Å². The Morgan fingerprint density at radius 3 is 2.22 bits per heavy atom. The van der Waals surface area contributed by atoms with Crippen molar-refractivity contribution in [3.63, 3.8) is 0 Å². The minimum absolute atomic E-state index is 0.0117. The van der Waals surface area contributed by atoms with Crippen LogP contribution in [0.1, 0.15) is 126 Å². The maximum Gasteiger partial charge on any atom is 0.329 e. The normalized spacial score (nSPS) is 37.8. The fraction of sp³-hybridized carbons (Fsp3) is 0.755. The Kier molecular flexibility index (Phi) is 22.5. The number of aliphatic hydroxyl groups excluding tert-OH is 1. The third-order valence-corrected chi connectivity index (χ3v) is 15.6. The van der Waals surface area contributed by atoms with E-state index in [1.54, 1.807) is 54.4 Å². The van der Waals surface area contributed by atoms with Gasteiger partial charge < -0.3 is 43.3 Å². The highest BCUT2D eigenvalue weighted by molar-refractivity contribution is 7.57. The van der Waals surface area contributed by atoms with E-state index in [-0.39, 0.29) is 60.9 Å². The largest absolute Gasteiger partial charge is 0.460 e. The lowest BCUT2D eigenvalue weighted by Gasteiger charge is -2.42. The maximum absolute atomic E-state index is 14.5. The number of carbonyl (C=O) groups excluding carboxylic acids is 5. The molecule has 15 nitrogen and oxygen atoms in total. The van der Waals surface area contributed by atoms with E-state index in [1.165, 1.54) is 12.0 Å². The molecule has 15 atom stereocenters.